The summed E-state index contributed by atoms with van der Waals surface area (Å²) >= 11 is 7.87. The molecule has 7 heterocycles. The van der Waals surface area contributed by atoms with E-state index in [9.17, 15) is 17.6 Å². The molecule has 0 atom stereocenters. The first-order valence-corrected chi connectivity index (χ1v) is 32.0. The average molecular weight is 1640 g/mol. The van der Waals surface area contributed by atoms with E-state index >= 15 is 0 Å². The Hall–Kier alpha value is -2.91. The molecule has 0 spiro atoms. The highest BCUT2D eigenvalue weighted by atomic mass is 127. The Bertz CT molecular complexity index is 3300. The molecule has 4 saturated heterocycles. The van der Waals surface area contributed by atoms with E-state index in [2.05, 4.69) is 15.3 Å². The molecule has 4 aliphatic heterocycles. The summed E-state index contributed by atoms with van der Waals surface area (Å²) in [7, 11) is 3.54. The molecule has 4 fully saturated rings. The van der Waals surface area contributed by atoms with Crippen LogP contribution in [0.5, 0.6) is 0 Å². The topological polar surface area (TPSA) is 127 Å². The minimum absolute atomic E-state index is 0.112. The van der Waals surface area contributed by atoms with Gasteiger partial charge in [0.1, 0.15) is 23.3 Å². The molecule has 0 bridgehead atoms. The van der Waals surface area contributed by atoms with Gasteiger partial charge in [0.05, 0.1) is 57.2 Å². The van der Waals surface area contributed by atoms with E-state index in [0.717, 1.165) is 16.6 Å². The zero-order valence-corrected chi connectivity index (χ0v) is 60.9. The van der Waals surface area contributed by atoms with Gasteiger partial charge in [-0.05, 0) is 231 Å². The van der Waals surface area contributed by atoms with Gasteiger partial charge < -0.3 is 37.2 Å². The predicted molar refractivity (Wildman–Crippen MR) is 368 cm³/mol. The second kappa shape index (κ2) is 28.3. The lowest BCUT2D eigenvalue weighted by Crippen LogP contribution is -2.41. The molecule has 11 rings (SSSR count). The van der Waals surface area contributed by atoms with Gasteiger partial charge in [0.15, 0.2) is 0 Å². The highest BCUT2D eigenvalue weighted by Gasteiger charge is 2.64. The number of nitrogens with zero attached hydrogens (tertiary/aromatic N) is 6. The molecule has 462 valence electrons. The fraction of sp³-hybridized carbons (Fsp3) is 0.450. The molecule has 4 aliphatic rings. The zero-order valence-electron chi connectivity index (χ0n) is 52.3. The highest BCUT2D eigenvalue weighted by Crippen LogP contribution is 2.43. The fourth-order valence-electron chi connectivity index (χ4n) is 8.23. The summed E-state index contributed by atoms with van der Waals surface area (Å²) in [5.41, 5.74) is 1.04. The first-order valence-electron chi connectivity index (χ1n) is 27.7. The highest BCUT2D eigenvalue weighted by molar-refractivity contribution is 14.1. The van der Waals surface area contributed by atoms with Gasteiger partial charge in [-0.1, -0.05) is 48.5 Å². The van der Waals surface area contributed by atoms with E-state index in [1.54, 1.807) is 101 Å². The van der Waals surface area contributed by atoms with E-state index < -0.39 is 32.3 Å². The summed E-state index contributed by atoms with van der Waals surface area (Å²) in [6.45, 7) is 32.2. The van der Waals surface area contributed by atoms with Crippen molar-refractivity contribution in [2.24, 2.45) is 21.1 Å². The molecule has 86 heavy (non-hydrogen) atoms. The molecule has 26 heteroatoms. The van der Waals surface area contributed by atoms with Gasteiger partial charge in [0.2, 0.25) is 0 Å². The minimum atomic E-state index is -0.707. The molecular formula is C60H76B4F4I4N6O8. The number of halogens is 8. The van der Waals surface area contributed by atoms with Crippen LogP contribution in [0.4, 0.5) is 17.6 Å². The summed E-state index contributed by atoms with van der Waals surface area (Å²) in [6.07, 6.45) is 10.6. The van der Waals surface area contributed by atoms with Crippen molar-refractivity contribution < 1.29 is 54.8 Å². The molecule has 4 aromatic carbocycles. The molecule has 7 aromatic rings. The van der Waals surface area contributed by atoms with Crippen LogP contribution in [-0.2, 0) is 58.4 Å². The number of aromatic nitrogens is 6. The van der Waals surface area contributed by atoms with E-state index in [0.29, 0.717) is 30.9 Å². The quantitative estimate of drug-likeness (QED) is 0.0707. The average Bonchev–Trinajstić information content (AvgIpc) is 1.71. The smallest absolute Gasteiger partial charge is 0.405 e. The SMILES string of the molecule is CC1(C)OB(B2OC(C)(C)C(C)(C)O2)OC1(C)C.Cn1cc(-c2cccc(B3OC(C)(C)C(C)(C)O3)c2F)cn1.Cn1cc(-c2cccc(I)c2F)cn1.Cn1cc(B2OC(C)(C)C(C)(C)O2)cn1.Fc1c(I)cccc1I.Fc1ccccc1I. The van der Waals surface area contributed by atoms with Crippen LogP contribution in [0.25, 0.3) is 22.3 Å². The van der Waals surface area contributed by atoms with Gasteiger partial charge in [-0.15, -0.1) is 0 Å². The molecule has 0 amide bonds. The predicted octanol–water partition coefficient (Wildman–Crippen LogP) is 13.8. The number of hydrogen-bond donors (Lipinski definition) is 0. The zero-order chi connectivity index (χ0) is 64.3. The Labute approximate surface area is 561 Å². The van der Waals surface area contributed by atoms with Crippen LogP contribution in [-0.4, -0.2) is 102 Å². The lowest BCUT2D eigenvalue weighted by atomic mass is 9.49. The van der Waals surface area contributed by atoms with E-state index in [1.807, 2.05) is 246 Å². The van der Waals surface area contributed by atoms with Gasteiger partial charge in [0, 0.05) is 93.4 Å². The number of hydrogen-bond acceptors (Lipinski definition) is 11. The summed E-state index contributed by atoms with van der Waals surface area (Å²) in [6, 6.07) is 22.6. The number of aryl methyl sites for hydroxylation is 3. The molecule has 0 unspecified atom stereocenters. The Morgan fingerprint density at radius 3 is 1.03 bits per heavy atom. The second-order valence-electron chi connectivity index (χ2n) is 24.9. The minimum Gasteiger partial charge on any atom is -0.405 e. The van der Waals surface area contributed by atoms with Crippen molar-refractivity contribution in [3.63, 3.8) is 0 Å². The molecule has 0 saturated carbocycles. The maximum Gasteiger partial charge on any atom is 0.498 e. The van der Waals surface area contributed by atoms with Gasteiger partial charge in [-0.25, -0.2) is 17.6 Å². The molecule has 14 nitrogen and oxygen atoms in total. The Morgan fingerprint density at radius 1 is 0.360 bits per heavy atom. The summed E-state index contributed by atoms with van der Waals surface area (Å²) in [5, 5.41) is 12.2. The molecule has 0 radical (unpaired) electrons. The molecule has 0 N–H and O–H groups in total. The van der Waals surface area contributed by atoms with Crippen molar-refractivity contribution >= 4 is 130 Å². The Morgan fingerprint density at radius 2 is 0.686 bits per heavy atom. The lowest BCUT2D eigenvalue weighted by Gasteiger charge is -2.32. The summed E-state index contributed by atoms with van der Waals surface area (Å²) in [4.78, 5) is 0. The van der Waals surface area contributed by atoms with Crippen LogP contribution in [0.1, 0.15) is 111 Å². The third-order valence-electron chi connectivity index (χ3n) is 16.3. The largest absolute Gasteiger partial charge is 0.498 e. The Balaban J connectivity index is 0.000000170. The standard InChI is InChI=1S/C16H20BFN2O2.C12H24B2O4.C10H17BN2O2.C10H8FIN2.C6H3FI2.C6H4FI/c1-15(2)16(3,4)22-17(21-15)13-8-6-7-12(14(13)18)11-9-19-20(5)10-11;1-9(2)10(3,4)16-13(15-9)14-17-11(5,6)12(7,8)18-14;1-9(2)10(3,4)15-11(14-9)8-6-12-13(5)7-8;1-14-6-7(5-13-14)8-3-2-4-9(12)10(8)11;7-6-4(8)2-1-3-5(6)9;7-5-3-1-2-4-6(5)8/h6-10H,1-5H3;1-8H3;6-7H,1-5H3;2-6H,1H3;1-3H;1-4H. The van der Waals surface area contributed by atoms with E-state index in [4.69, 9.17) is 37.2 Å². The summed E-state index contributed by atoms with van der Waals surface area (Å²) in [5.74, 6) is -0.762. The van der Waals surface area contributed by atoms with Crippen molar-refractivity contribution in [3.05, 3.63) is 154 Å². The van der Waals surface area contributed by atoms with E-state index in [-0.39, 0.29) is 64.0 Å². The second-order valence-corrected chi connectivity index (χ2v) is 29.6. The maximum atomic E-state index is 14.9. The third kappa shape index (κ3) is 17.4. The number of benzene rings is 4. The van der Waals surface area contributed by atoms with Crippen molar-refractivity contribution in [1.82, 2.24) is 29.3 Å². The van der Waals surface area contributed by atoms with Crippen LogP contribution in [0.2, 0.25) is 0 Å². The first-order chi connectivity index (χ1) is 39.6. The maximum absolute atomic E-state index is 14.9. The van der Waals surface area contributed by atoms with Crippen LogP contribution in [0, 0.1) is 37.5 Å². The van der Waals surface area contributed by atoms with E-state index in [1.165, 1.54) is 6.07 Å². The van der Waals surface area contributed by atoms with Crippen LogP contribution in [0.3, 0.4) is 0 Å². The van der Waals surface area contributed by atoms with Crippen LogP contribution in [0.15, 0.2) is 116 Å². The van der Waals surface area contributed by atoms with Crippen LogP contribution < -0.4 is 10.9 Å². The number of rotatable bonds is 5. The van der Waals surface area contributed by atoms with Crippen molar-refractivity contribution in [2.75, 3.05) is 0 Å². The van der Waals surface area contributed by atoms with Gasteiger partial charge in [-0.3, -0.25) is 14.0 Å². The normalized spacial score (nSPS) is 19.4. The van der Waals surface area contributed by atoms with Crippen LogP contribution >= 0.6 is 90.4 Å². The van der Waals surface area contributed by atoms with Gasteiger partial charge >= 0.3 is 28.3 Å². The van der Waals surface area contributed by atoms with Crippen molar-refractivity contribution in [1.29, 1.82) is 0 Å². The monoisotopic (exact) mass is 1640 g/mol. The van der Waals surface area contributed by atoms with Crippen molar-refractivity contribution in [3.8, 4) is 22.3 Å². The molecular weight excluding hydrogens is 1560 g/mol. The Kier molecular flexibility index (Phi) is 23.8. The molecule has 3 aromatic heterocycles. The van der Waals surface area contributed by atoms with Gasteiger partial charge in [-0.2, -0.15) is 15.3 Å². The van der Waals surface area contributed by atoms with Gasteiger partial charge in [0.25, 0.3) is 0 Å². The fourth-order valence-corrected chi connectivity index (χ4v) is 10.6. The lowest BCUT2D eigenvalue weighted by molar-refractivity contribution is 0.00578. The third-order valence-corrected chi connectivity index (χ3v) is 19.6. The molecule has 0 aliphatic carbocycles. The summed E-state index contributed by atoms with van der Waals surface area (Å²) < 4.78 is 109. The first kappa shape index (κ1) is 72.2. The van der Waals surface area contributed by atoms with Crippen molar-refractivity contribution in [2.45, 2.75) is 156 Å².